The van der Waals surface area contributed by atoms with Gasteiger partial charge in [0.1, 0.15) is 6.61 Å². The number of hydrogen-bond donors (Lipinski definition) is 1. The zero-order valence-electron chi connectivity index (χ0n) is 14.6. The van der Waals surface area contributed by atoms with E-state index in [1.165, 1.54) is 24.3 Å². The highest BCUT2D eigenvalue weighted by molar-refractivity contribution is 6.04. The summed E-state index contributed by atoms with van der Waals surface area (Å²) in [6, 6.07) is 16.6. The molecule has 2 aromatic carbocycles. The van der Waals surface area contributed by atoms with Gasteiger partial charge in [-0.1, -0.05) is 24.3 Å². The molecule has 0 atom stereocenters. The van der Waals surface area contributed by atoms with E-state index in [2.05, 4.69) is 10.3 Å². The third-order valence-electron chi connectivity index (χ3n) is 3.99. The Balaban J connectivity index is 1.72. The largest absolute Gasteiger partial charge is 0.485 e. The highest BCUT2D eigenvalue weighted by Crippen LogP contribution is 2.23. The Kier molecular flexibility index (Phi) is 5.41. The number of amides is 1. The lowest BCUT2D eigenvalue weighted by Gasteiger charge is -2.12. The van der Waals surface area contributed by atoms with E-state index in [0.717, 1.165) is 11.1 Å². The number of pyridine rings is 1. The molecule has 0 fully saturated rings. The predicted molar refractivity (Wildman–Crippen MR) is 101 cm³/mol. The van der Waals surface area contributed by atoms with Gasteiger partial charge in [-0.3, -0.25) is 14.9 Å². The number of rotatable bonds is 6. The lowest BCUT2D eigenvalue weighted by molar-refractivity contribution is -0.384. The second kappa shape index (κ2) is 8.09. The summed E-state index contributed by atoms with van der Waals surface area (Å²) in [4.78, 5) is 26.8. The molecule has 3 aromatic rings. The van der Waals surface area contributed by atoms with E-state index < -0.39 is 10.8 Å². The minimum absolute atomic E-state index is 0.0772. The standard InChI is InChI=1S/C20H17N3O4/c1-14-5-2-3-6-16(14)13-27-18-7-4-12-21-19(18)22-20(24)15-8-10-17(11-9-15)23(25)26/h2-12H,13H2,1H3,(H,21,22,24). The topological polar surface area (TPSA) is 94.4 Å². The smallest absolute Gasteiger partial charge is 0.269 e. The van der Waals surface area contributed by atoms with Gasteiger partial charge in [0.2, 0.25) is 0 Å². The Bertz CT molecular complexity index is 971. The number of nitrogens with zero attached hydrogens (tertiary/aromatic N) is 2. The van der Waals surface area contributed by atoms with Crippen molar-refractivity contribution >= 4 is 17.4 Å². The molecular formula is C20H17N3O4. The first kappa shape index (κ1) is 18.1. The van der Waals surface area contributed by atoms with Crippen molar-refractivity contribution < 1.29 is 14.5 Å². The van der Waals surface area contributed by atoms with Gasteiger partial charge < -0.3 is 10.1 Å². The fraction of sp³-hybridized carbons (Fsp3) is 0.100. The van der Waals surface area contributed by atoms with Crippen molar-refractivity contribution in [2.45, 2.75) is 13.5 Å². The summed E-state index contributed by atoms with van der Waals surface area (Å²) in [5.41, 5.74) is 2.36. The molecular weight excluding hydrogens is 346 g/mol. The molecule has 0 aliphatic carbocycles. The molecule has 0 spiro atoms. The van der Waals surface area contributed by atoms with Crippen LogP contribution >= 0.6 is 0 Å². The lowest BCUT2D eigenvalue weighted by Crippen LogP contribution is -2.14. The molecule has 0 saturated carbocycles. The second-order valence-corrected chi connectivity index (χ2v) is 5.82. The SMILES string of the molecule is Cc1ccccc1COc1cccnc1NC(=O)c1ccc([N+](=O)[O-])cc1. The number of aryl methyl sites for hydroxylation is 1. The Labute approximate surface area is 155 Å². The number of carbonyl (C=O) groups is 1. The molecule has 0 bridgehead atoms. The molecule has 0 saturated heterocycles. The monoisotopic (exact) mass is 363 g/mol. The number of ether oxygens (including phenoxy) is 1. The summed E-state index contributed by atoms with van der Waals surface area (Å²) >= 11 is 0. The Morgan fingerprint density at radius 3 is 2.56 bits per heavy atom. The number of nitro groups is 1. The summed E-state index contributed by atoms with van der Waals surface area (Å²) < 4.78 is 5.82. The van der Waals surface area contributed by atoms with Crippen molar-refractivity contribution in [1.29, 1.82) is 0 Å². The zero-order chi connectivity index (χ0) is 19.2. The van der Waals surface area contributed by atoms with Crippen LogP contribution in [0.15, 0.2) is 66.9 Å². The Morgan fingerprint density at radius 2 is 1.85 bits per heavy atom. The molecule has 136 valence electrons. The van der Waals surface area contributed by atoms with Crippen molar-refractivity contribution in [1.82, 2.24) is 4.98 Å². The van der Waals surface area contributed by atoms with Crippen LogP contribution in [-0.4, -0.2) is 15.8 Å². The van der Waals surface area contributed by atoms with Gasteiger partial charge in [0.05, 0.1) is 4.92 Å². The van der Waals surface area contributed by atoms with E-state index in [0.29, 0.717) is 12.4 Å². The molecule has 3 rings (SSSR count). The summed E-state index contributed by atoms with van der Waals surface area (Å²) in [7, 11) is 0. The van der Waals surface area contributed by atoms with E-state index in [1.54, 1.807) is 18.3 Å². The fourth-order valence-electron chi connectivity index (χ4n) is 2.44. The van der Waals surface area contributed by atoms with Gasteiger partial charge >= 0.3 is 0 Å². The quantitative estimate of drug-likeness (QED) is 0.525. The van der Waals surface area contributed by atoms with Gasteiger partial charge in [0.15, 0.2) is 11.6 Å². The third kappa shape index (κ3) is 4.46. The van der Waals surface area contributed by atoms with E-state index in [-0.39, 0.29) is 17.1 Å². The normalized spacial score (nSPS) is 10.3. The summed E-state index contributed by atoms with van der Waals surface area (Å²) in [5, 5.41) is 13.4. The minimum Gasteiger partial charge on any atom is -0.485 e. The summed E-state index contributed by atoms with van der Waals surface area (Å²) in [6.07, 6.45) is 1.55. The van der Waals surface area contributed by atoms with Crippen molar-refractivity contribution in [3.8, 4) is 5.75 Å². The Morgan fingerprint density at radius 1 is 1.11 bits per heavy atom. The van der Waals surface area contributed by atoms with Crippen molar-refractivity contribution in [3.63, 3.8) is 0 Å². The highest BCUT2D eigenvalue weighted by Gasteiger charge is 2.13. The van der Waals surface area contributed by atoms with Gasteiger partial charge in [-0.25, -0.2) is 4.98 Å². The predicted octanol–water partition coefficient (Wildman–Crippen LogP) is 4.13. The maximum absolute atomic E-state index is 12.4. The number of nitrogens with one attached hydrogen (secondary N) is 1. The van der Waals surface area contributed by atoms with Crippen LogP contribution in [-0.2, 0) is 6.61 Å². The number of hydrogen-bond acceptors (Lipinski definition) is 5. The number of carbonyl (C=O) groups excluding carboxylic acids is 1. The first-order chi connectivity index (χ1) is 13.0. The van der Waals surface area contributed by atoms with Crippen LogP contribution in [0.1, 0.15) is 21.5 Å². The maximum atomic E-state index is 12.4. The molecule has 1 aromatic heterocycles. The fourth-order valence-corrected chi connectivity index (χ4v) is 2.44. The van der Waals surface area contributed by atoms with Crippen LogP contribution in [0, 0.1) is 17.0 Å². The molecule has 0 unspecified atom stereocenters. The van der Waals surface area contributed by atoms with Crippen LogP contribution in [0.3, 0.4) is 0 Å². The average Bonchev–Trinajstić information content (AvgIpc) is 2.68. The van der Waals surface area contributed by atoms with Crippen LogP contribution < -0.4 is 10.1 Å². The maximum Gasteiger partial charge on any atom is 0.269 e. The van der Waals surface area contributed by atoms with Gasteiger partial charge in [-0.05, 0) is 42.3 Å². The number of non-ortho nitro benzene ring substituents is 1. The molecule has 1 N–H and O–H groups in total. The zero-order valence-corrected chi connectivity index (χ0v) is 14.6. The van der Waals surface area contributed by atoms with E-state index in [9.17, 15) is 14.9 Å². The summed E-state index contributed by atoms with van der Waals surface area (Å²) in [6.45, 7) is 2.35. The van der Waals surface area contributed by atoms with Gasteiger partial charge in [0, 0.05) is 23.9 Å². The minimum atomic E-state index is -0.516. The molecule has 0 radical (unpaired) electrons. The number of nitro benzene ring substituents is 1. The van der Waals surface area contributed by atoms with Crippen LogP contribution in [0.5, 0.6) is 5.75 Å². The number of aromatic nitrogens is 1. The highest BCUT2D eigenvalue weighted by atomic mass is 16.6. The van der Waals surface area contributed by atoms with Crippen LogP contribution in [0.4, 0.5) is 11.5 Å². The second-order valence-electron chi connectivity index (χ2n) is 5.82. The van der Waals surface area contributed by atoms with E-state index >= 15 is 0 Å². The third-order valence-corrected chi connectivity index (χ3v) is 3.99. The molecule has 1 amide bonds. The van der Waals surface area contributed by atoms with Gasteiger partial charge in [0.25, 0.3) is 11.6 Å². The number of anilines is 1. The molecule has 1 heterocycles. The molecule has 0 aliphatic rings. The average molecular weight is 363 g/mol. The molecule has 27 heavy (non-hydrogen) atoms. The van der Waals surface area contributed by atoms with E-state index in [1.807, 2.05) is 31.2 Å². The van der Waals surface area contributed by atoms with Gasteiger partial charge in [-0.2, -0.15) is 0 Å². The first-order valence-electron chi connectivity index (χ1n) is 8.23. The van der Waals surface area contributed by atoms with Crippen LogP contribution in [0.25, 0.3) is 0 Å². The molecule has 0 aliphatic heterocycles. The van der Waals surface area contributed by atoms with Crippen molar-refractivity contribution in [3.05, 3.63) is 93.7 Å². The van der Waals surface area contributed by atoms with Crippen molar-refractivity contribution in [2.75, 3.05) is 5.32 Å². The lowest BCUT2D eigenvalue weighted by atomic mass is 10.1. The van der Waals surface area contributed by atoms with Crippen molar-refractivity contribution in [2.24, 2.45) is 0 Å². The summed E-state index contributed by atoms with van der Waals surface area (Å²) in [5.74, 6) is 0.301. The van der Waals surface area contributed by atoms with E-state index in [4.69, 9.17) is 4.74 Å². The molecule has 7 nitrogen and oxygen atoms in total. The Hall–Kier alpha value is -3.74. The number of benzene rings is 2. The molecule has 7 heteroatoms. The first-order valence-corrected chi connectivity index (χ1v) is 8.23. The van der Waals surface area contributed by atoms with Gasteiger partial charge in [-0.15, -0.1) is 0 Å². The van der Waals surface area contributed by atoms with Crippen LogP contribution in [0.2, 0.25) is 0 Å².